The van der Waals surface area contributed by atoms with Crippen molar-refractivity contribution in [2.75, 3.05) is 13.2 Å². The Hall–Kier alpha value is -2.34. The molecule has 1 aliphatic rings. The Morgan fingerprint density at radius 2 is 2.18 bits per heavy atom. The molecule has 1 amide bonds. The molecule has 1 saturated heterocycles. The summed E-state index contributed by atoms with van der Waals surface area (Å²) in [7, 11) is 0. The first kappa shape index (κ1) is 16.0. The number of ether oxygens (including phenoxy) is 3. The monoisotopic (exact) mass is 305 g/mol. The maximum Gasteiger partial charge on any atom is 0.407 e. The molecule has 0 saturated carbocycles. The number of esters is 1. The summed E-state index contributed by atoms with van der Waals surface area (Å²) in [6, 6.07) is 9.28. The molecule has 0 radical (unpaired) electrons. The van der Waals surface area contributed by atoms with Crippen LogP contribution in [0.4, 0.5) is 4.79 Å². The molecule has 6 heteroatoms. The van der Waals surface area contributed by atoms with E-state index in [9.17, 15) is 9.59 Å². The molecule has 118 valence electrons. The van der Waals surface area contributed by atoms with Crippen molar-refractivity contribution in [1.82, 2.24) is 5.32 Å². The van der Waals surface area contributed by atoms with E-state index >= 15 is 0 Å². The number of benzene rings is 1. The van der Waals surface area contributed by atoms with Gasteiger partial charge in [0.05, 0.1) is 13.0 Å². The van der Waals surface area contributed by atoms with Crippen LogP contribution in [0.2, 0.25) is 0 Å². The van der Waals surface area contributed by atoms with E-state index in [0.29, 0.717) is 13.0 Å². The molecule has 1 N–H and O–H groups in total. The van der Waals surface area contributed by atoms with E-state index in [1.165, 1.54) is 6.08 Å². The minimum Gasteiger partial charge on any atom is -0.445 e. The number of carbonyl (C=O) groups is 2. The highest BCUT2D eigenvalue weighted by atomic mass is 16.7. The minimum absolute atomic E-state index is 0.0686. The molecule has 22 heavy (non-hydrogen) atoms. The van der Waals surface area contributed by atoms with E-state index in [1.54, 1.807) is 0 Å². The zero-order valence-electron chi connectivity index (χ0n) is 12.2. The van der Waals surface area contributed by atoms with Gasteiger partial charge in [0.1, 0.15) is 12.6 Å². The Kier molecular flexibility index (Phi) is 5.97. The molecule has 2 rings (SSSR count). The third-order valence-corrected chi connectivity index (χ3v) is 3.11. The second-order valence-corrected chi connectivity index (χ2v) is 4.81. The van der Waals surface area contributed by atoms with Gasteiger partial charge in [0.15, 0.2) is 0 Å². The smallest absolute Gasteiger partial charge is 0.407 e. The highest BCUT2D eigenvalue weighted by molar-refractivity contribution is 5.75. The fourth-order valence-electron chi connectivity index (χ4n) is 2.07. The average molecular weight is 305 g/mol. The first-order chi connectivity index (χ1) is 10.7. The predicted octanol–water partition coefficient (Wildman–Crippen LogP) is 1.80. The van der Waals surface area contributed by atoms with Gasteiger partial charge in [-0.25, -0.2) is 4.79 Å². The normalized spacial score (nSPS) is 20.3. The summed E-state index contributed by atoms with van der Waals surface area (Å²) in [5, 5.41) is 2.56. The van der Waals surface area contributed by atoms with Crippen molar-refractivity contribution in [3.63, 3.8) is 0 Å². The van der Waals surface area contributed by atoms with Crippen molar-refractivity contribution in [3.05, 3.63) is 48.6 Å². The minimum atomic E-state index is -0.785. The SMILES string of the molecule is C=CCOC(=O)NC1CC(=O)OC1OCCc1ccccc1. The number of hydrogen-bond donors (Lipinski definition) is 1. The summed E-state index contributed by atoms with van der Waals surface area (Å²) in [6.07, 6.45) is 0.818. The number of alkyl carbamates (subject to hydrolysis) is 1. The van der Waals surface area contributed by atoms with E-state index in [1.807, 2.05) is 30.3 Å². The van der Waals surface area contributed by atoms with E-state index in [-0.39, 0.29) is 13.0 Å². The first-order valence-electron chi connectivity index (χ1n) is 7.08. The molecule has 6 nitrogen and oxygen atoms in total. The fourth-order valence-corrected chi connectivity index (χ4v) is 2.07. The molecular formula is C16H19NO5. The fraction of sp³-hybridized carbons (Fsp3) is 0.375. The number of carbonyl (C=O) groups excluding carboxylic acids is 2. The maximum atomic E-state index is 11.5. The molecule has 0 aromatic heterocycles. The van der Waals surface area contributed by atoms with E-state index < -0.39 is 24.4 Å². The van der Waals surface area contributed by atoms with E-state index in [4.69, 9.17) is 14.2 Å². The number of hydrogen-bond acceptors (Lipinski definition) is 5. The van der Waals surface area contributed by atoms with Crippen molar-refractivity contribution in [3.8, 4) is 0 Å². The highest BCUT2D eigenvalue weighted by Gasteiger charge is 2.37. The molecule has 1 aromatic rings. The van der Waals surface area contributed by atoms with Gasteiger partial charge in [0, 0.05) is 0 Å². The quantitative estimate of drug-likeness (QED) is 0.614. The zero-order chi connectivity index (χ0) is 15.8. The van der Waals surface area contributed by atoms with Crippen LogP contribution in [0.25, 0.3) is 0 Å². The van der Waals surface area contributed by atoms with Gasteiger partial charge in [-0.15, -0.1) is 0 Å². The van der Waals surface area contributed by atoms with Crippen LogP contribution >= 0.6 is 0 Å². The van der Waals surface area contributed by atoms with Crippen LogP contribution in [0.1, 0.15) is 12.0 Å². The summed E-state index contributed by atoms with van der Waals surface area (Å²) < 4.78 is 15.4. The van der Waals surface area contributed by atoms with Crippen molar-refractivity contribution in [1.29, 1.82) is 0 Å². The second-order valence-electron chi connectivity index (χ2n) is 4.81. The van der Waals surface area contributed by atoms with Crippen LogP contribution in [0.3, 0.4) is 0 Å². The molecular weight excluding hydrogens is 286 g/mol. The Morgan fingerprint density at radius 1 is 1.41 bits per heavy atom. The van der Waals surface area contributed by atoms with Crippen LogP contribution in [0.15, 0.2) is 43.0 Å². The number of cyclic esters (lactones) is 1. The lowest BCUT2D eigenvalue weighted by molar-refractivity contribution is -0.164. The lowest BCUT2D eigenvalue weighted by Gasteiger charge is -2.18. The topological polar surface area (TPSA) is 73.9 Å². The molecule has 2 unspecified atom stereocenters. The molecule has 0 bridgehead atoms. The van der Waals surface area contributed by atoms with Gasteiger partial charge in [0.2, 0.25) is 6.29 Å². The summed E-state index contributed by atoms with van der Waals surface area (Å²) in [6.45, 7) is 3.95. The molecule has 2 atom stereocenters. The van der Waals surface area contributed by atoms with Crippen LogP contribution in [-0.4, -0.2) is 37.6 Å². The maximum absolute atomic E-state index is 11.5. The van der Waals surface area contributed by atoms with Crippen LogP contribution in [-0.2, 0) is 25.4 Å². The van der Waals surface area contributed by atoms with Gasteiger partial charge < -0.3 is 19.5 Å². The van der Waals surface area contributed by atoms with Gasteiger partial charge in [0.25, 0.3) is 0 Å². The molecule has 0 spiro atoms. The Labute approximate surface area is 129 Å². The van der Waals surface area contributed by atoms with Gasteiger partial charge in [-0.1, -0.05) is 43.0 Å². The molecule has 1 heterocycles. The van der Waals surface area contributed by atoms with Crippen molar-refractivity contribution in [2.45, 2.75) is 25.2 Å². The third-order valence-electron chi connectivity index (χ3n) is 3.11. The van der Waals surface area contributed by atoms with Gasteiger partial charge >= 0.3 is 12.1 Å². The number of rotatable bonds is 7. The molecule has 1 fully saturated rings. The van der Waals surface area contributed by atoms with Crippen molar-refractivity contribution >= 4 is 12.1 Å². The standard InChI is InChI=1S/C16H19NO5/c1-2-9-21-16(19)17-13-11-14(18)22-15(13)20-10-8-12-6-4-3-5-7-12/h2-7,13,15H,1,8-11H2,(H,17,19). The average Bonchev–Trinajstić information content (AvgIpc) is 2.86. The van der Waals surface area contributed by atoms with Crippen molar-refractivity contribution in [2.24, 2.45) is 0 Å². The predicted molar refractivity (Wildman–Crippen MR) is 79.1 cm³/mol. The molecule has 1 aromatic carbocycles. The summed E-state index contributed by atoms with van der Waals surface area (Å²) in [4.78, 5) is 22.9. The van der Waals surface area contributed by atoms with Gasteiger partial charge in [-0.2, -0.15) is 0 Å². The molecule has 1 aliphatic heterocycles. The number of nitrogens with one attached hydrogen (secondary N) is 1. The number of amides is 1. The first-order valence-corrected chi connectivity index (χ1v) is 7.08. The van der Waals surface area contributed by atoms with Crippen LogP contribution < -0.4 is 5.32 Å². The lowest BCUT2D eigenvalue weighted by atomic mass is 10.2. The summed E-state index contributed by atoms with van der Waals surface area (Å²) in [5.41, 5.74) is 1.13. The van der Waals surface area contributed by atoms with E-state index in [0.717, 1.165) is 5.56 Å². The Balaban J connectivity index is 1.79. The van der Waals surface area contributed by atoms with Gasteiger partial charge in [-0.05, 0) is 12.0 Å². The lowest BCUT2D eigenvalue weighted by Crippen LogP contribution is -2.42. The largest absolute Gasteiger partial charge is 0.445 e. The molecule has 0 aliphatic carbocycles. The van der Waals surface area contributed by atoms with Gasteiger partial charge in [-0.3, -0.25) is 4.79 Å². The van der Waals surface area contributed by atoms with E-state index in [2.05, 4.69) is 11.9 Å². The van der Waals surface area contributed by atoms with Crippen molar-refractivity contribution < 1.29 is 23.8 Å². The Bertz CT molecular complexity index is 517. The second kappa shape index (κ2) is 8.19. The van der Waals surface area contributed by atoms with Crippen LogP contribution in [0, 0.1) is 0 Å². The van der Waals surface area contributed by atoms with Crippen LogP contribution in [0.5, 0.6) is 0 Å². The third kappa shape index (κ3) is 4.89. The highest BCUT2D eigenvalue weighted by Crippen LogP contribution is 2.17. The summed E-state index contributed by atoms with van der Waals surface area (Å²) in [5.74, 6) is -0.404. The summed E-state index contributed by atoms with van der Waals surface area (Å²) >= 11 is 0. The zero-order valence-corrected chi connectivity index (χ0v) is 12.2. The Morgan fingerprint density at radius 3 is 2.91 bits per heavy atom.